The van der Waals surface area contributed by atoms with Crippen molar-refractivity contribution in [2.24, 2.45) is 0 Å². The normalized spacial score (nSPS) is 12.0. The smallest absolute Gasteiger partial charge is 0.335 e. The molecule has 0 bridgehead atoms. The molecule has 0 aliphatic carbocycles. The maximum absolute atomic E-state index is 12.2. The molecule has 0 aromatic carbocycles. The summed E-state index contributed by atoms with van der Waals surface area (Å²) < 4.78 is 8.98. The average Bonchev–Trinajstić information content (AvgIpc) is 2.47. The quantitative estimate of drug-likeness (QED) is 0.317. The zero-order valence-electron chi connectivity index (χ0n) is 13.5. The van der Waals surface area contributed by atoms with Crippen LogP contribution in [0.5, 0.6) is 0 Å². The minimum atomic E-state index is -0.685. The lowest BCUT2D eigenvalue weighted by Crippen LogP contribution is -2.30. The van der Waals surface area contributed by atoms with Crippen LogP contribution in [-0.4, -0.2) is 15.1 Å². The summed E-state index contributed by atoms with van der Waals surface area (Å²) in [5.41, 5.74) is 0.0458. The second-order valence-corrected chi connectivity index (χ2v) is 5.59. The van der Waals surface area contributed by atoms with Crippen LogP contribution in [0.1, 0.15) is 52.7 Å². The SMILES string of the molecule is C=C(C)C(=O)OC(CCCCC)n1c(=O)ccn(CC)c1=S. The van der Waals surface area contributed by atoms with Gasteiger partial charge in [0.1, 0.15) is 0 Å². The predicted molar refractivity (Wildman–Crippen MR) is 89.3 cm³/mol. The minimum absolute atomic E-state index is 0.259. The average molecular weight is 324 g/mol. The Bertz CT molecular complexity index is 646. The standard InChI is InChI=1S/C16H24N2O3S/c1-5-7-8-9-14(21-15(20)12(3)4)18-13(19)10-11-17(6-2)16(18)22/h10-11,14H,3,5-9H2,1-2,4H3. The first-order valence-electron chi connectivity index (χ1n) is 7.60. The molecule has 0 aliphatic rings. The Morgan fingerprint density at radius 2 is 2.09 bits per heavy atom. The molecule has 6 heteroatoms. The lowest BCUT2D eigenvalue weighted by Gasteiger charge is -2.21. The molecule has 0 spiro atoms. The number of unbranched alkanes of at least 4 members (excludes halogenated alkanes) is 2. The lowest BCUT2D eigenvalue weighted by atomic mass is 10.2. The zero-order chi connectivity index (χ0) is 16.7. The van der Waals surface area contributed by atoms with Gasteiger partial charge in [0.25, 0.3) is 5.56 Å². The number of hydrogen-bond donors (Lipinski definition) is 0. The highest BCUT2D eigenvalue weighted by atomic mass is 32.1. The van der Waals surface area contributed by atoms with E-state index in [1.54, 1.807) is 17.7 Å². The summed E-state index contributed by atoms with van der Waals surface area (Å²) >= 11 is 5.36. The van der Waals surface area contributed by atoms with Gasteiger partial charge < -0.3 is 9.30 Å². The molecule has 0 aliphatic heterocycles. The van der Waals surface area contributed by atoms with Crippen molar-refractivity contribution < 1.29 is 9.53 Å². The maximum atomic E-state index is 12.2. The largest absolute Gasteiger partial charge is 0.438 e. The van der Waals surface area contributed by atoms with Crippen molar-refractivity contribution in [3.05, 3.63) is 39.5 Å². The molecule has 5 nitrogen and oxygen atoms in total. The molecule has 0 N–H and O–H groups in total. The van der Waals surface area contributed by atoms with Crippen LogP contribution in [0.25, 0.3) is 0 Å². The third-order valence-electron chi connectivity index (χ3n) is 3.36. The van der Waals surface area contributed by atoms with Gasteiger partial charge in [-0.3, -0.25) is 4.79 Å². The van der Waals surface area contributed by atoms with Crippen LogP contribution in [0, 0.1) is 4.77 Å². The molecule has 0 radical (unpaired) electrons. The van der Waals surface area contributed by atoms with Crippen LogP contribution in [0.15, 0.2) is 29.2 Å². The van der Waals surface area contributed by atoms with Gasteiger partial charge in [0.15, 0.2) is 11.0 Å². The van der Waals surface area contributed by atoms with Gasteiger partial charge in [-0.2, -0.15) is 0 Å². The third kappa shape index (κ3) is 4.66. The second kappa shape index (κ2) is 8.68. The third-order valence-corrected chi connectivity index (χ3v) is 3.79. The molecule has 1 aromatic rings. The summed E-state index contributed by atoms with van der Waals surface area (Å²) in [5, 5.41) is 0. The van der Waals surface area contributed by atoms with E-state index in [2.05, 4.69) is 13.5 Å². The molecule has 0 amide bonds. The first-order chi connectivity index (χ1) is 10.4. The van der Waals surface area contributed by atoms with E-state index in [1.807, 2.05) is 6.92 Å². The first kappa shape index (κ1) is 18.4. The summed E-state index contributed by atoms with van der Waals surface area (Å²) in [5.74, 6) is -0.505. The summed E-state index contributed by atoms with van der Waals surface area (Å²) in [6.45, 7) is 9.85. The van der Waals surface area contributed by atoms with E-state index >= 15 is 0 Å². The Balaban J connectivity index is 3.20. The van der Waals surface area contributed by atoms with Crippen LogP contribution in [0.3, 0.4) is 0 Å². The number of carbonyl (C=O) groups is 1. The summed E-state index contributed by atoms with van der Waals surface area (Å²) in [6, 6.07) is 1.45. The molecule has 0 saturated heterocycles. The Hall–Kier alpha value is -1.69. The highest BCUT2D eigenvalue weighted by Crippen LogP contribution is 2.18. The molecule has 1 unspecified atom stereocenters. The van der Waals surface area contributed by atoms with Crippen molar-refractivity contribution in [3.63, 3.8) is 0 Å². The van der Waals surface area contributed by atoms with Crippen LogP contribution >= 0.6 is 12.2 Å². The van der Waals surface area contributed by atoms with Gasteiger partial charge in [-0.25, -0.2) is 9.36 Å². The van der Waals surface area contributed by atoms with E-state index in [0.717, 1.165) is 19.3 Å². The van der Waals surface area contributed by atoms with Gasteiger partial charge in [0.2, 0.25) is 0 Å². The highest BCUT2D eigenvalue weighted by Gasteiger charge is 2.19. The molecule has 0 fully saturated rings. The van der Waals surface area contributed by atoms with E-state index in [1.165, 1.54) is 10.6 Å². The topological polar surface area (TPSA) is 53.2 Å². The summed E-state index contributed by atoms with van der Waals surface area (Å²) in [4.78, 5) is 24.1. The van der Waals surface area contributed by atoms with Crippen LogP contribution < -0.4 is 5.56 Å². The maximum Gasteiger partial charge on any atom is 0.335 e. The number of esters is 1. The fourth-order valence-electron chi connectivity index (χ4n) is 2.07. The molecule has 1 aromatic heterocycles. The van der Waals surface area contributed by atoms with Gasteiger partial charge in [-0.15, -0.1) is 0 Å². The highest BCUT2D eigenvalue weighted by molar-refractivity contribution is 7.71. The molecule has 0 saturated carbocycles. The van der Waals surface area contributed by atoms with Crippen molar-refractivity contribution in [1.29, 1.82) is 0 Å². The van der Waals surface area contributed by atoms with Crippen LogP contribution in [0.4, 0.5) is 0 Å². The van der Waals surface area contributed by atoms with E-state index < -0.39 is 12.2 Å². The van der Waals surface area contributed by atoms with Crippen LogP contribution in [-0.2, 0) is 16.1 Å². The van der Waals surface area contributed by atoms with Crippen molar-refractivity contribution in [1.82, 2.24) is 9.13 Å². The van der Waals surface area contributed by atoms with Crippen LogP contribution in [0.2, 0.25) is 0 Å². The molecule has 1 rings (SSSR count). The summed E-state index contributed by atoms with van der Waals surface area (Å²) in [6.07, 6.45) is 4.43. The Kier molecular flexibility index (Phi) is 7.24. The number of nitrogens with zero attached hydrogens (tertiary/aromatic N) is 2. The number of rotatable bonds is 8. The van der Waals surface area contributed by atoms with Gasteiger partial charge in [0, 0.05) is 30.8 Å². The zero-order valence-corrected chi connectivity index (χ0v) is 14.3. The van der Waals surface area contributed by atoms with Crippen molar-refractivity contribution in [2.75, 3.05) is 0 Å². The predicted octanol–water partition coefficient (Wildman–Crippen LogP) is 3.60. The minimum Gasteiger partial charge on any atom is -0.438 e. The van der Waals surface area contributed by atoms with Crippen molar-refractivity contribution >= 4 is 18.2 Å². The molecule has 22 heavy (non-hydrogen) atoms. The number of hydrogen-bond acceptors (Lipinski definition) is 4. The molecular formula is C16H24N2O3S. The monoisotopic (exact) mass is 324 g/mol. The number of carbonyl (C=O) groups excluding carboxylic acids is 1. The lowest BCUT2D eigenvalue weighted by molar-refractivity contribution is -0.149. The van der Waals surface area contributed by atoms with Gasteiger partial charge in [-0.1, -0.05) is 26.3 Å². The van der Waals surface area contributed by atoms with E-state index in [-0.39, 0.29) is 5.56 Å². The fourth-order valence-corrected chi connectivity index (χ4v) is 2.47. The second-order valence-electron chi connectivity index (χ2n) is 5.23. The van der Waals surface area contributed by atoms with E-state index in [4.69, 9.17) is 17.0 Å². The molecule has 122 valence electrons. The van der Waals surface area contributed by atoms with Gasteiger partial charge >= 0.3 is 5.97 Å². The number of ether oxygens (including phenoxy) is 1. The van der Waals surface area contributed by atoms with E-state index in [9.17, 15) is 9.59 Å². The van der Waals surface area contributed by atoms with Crippen molar-refractivity contribution in [2.45, 2.75) is 59.2 Å². The fraction of sp³-hybridized carbons (Fsp3) is 0.562. The van der Waals surface area contributed by atoms with Crippen molar-refractivity contribution in [3.8, 4) is 0 Å². The Labute approximate surface area is 136 Å². The van der Waals surface area contributed by atoms with Gasteiger partial charge in [0.05, 0.1) is 0 Å². The Morgan fingerprint density at radius 3 is 2.64 bits per heavy atom. The van der Waals surface area contributed by atoms with E-state index in [0.29, 0.717) is 23.3 Å². The first-order valence-corrected chi connectivity index (χ1v) is 8.01. The molecule has 1 atom stereocenters. The Morgan fingerprint density at radius 1 is 1.41 bits per heavy atom. The number of aryl methyl sites for hydroxylation is 1. The molecular weight excluding hydrogens is 300 g/mol. The molecule has 1 heterocycles. The summed E-state index contributed by atoms with van der Waals surface area (Å²) in [7, 11) is 0. The number of aromatic nitrogens is 2. The van der Waals surface area contributed by atoms with Gasteiger partial charge in [-0.05, 0) is 32.5 Å².